The van der Waals surface area contributed by atoms with E-state index in [1.807, 2.05) is 0 Å². The Bertz CT molecular complexity index is 1230. The maximum atomic E-state index is 12.7. The van der Waals surface area contributed by atoms with Gasteiger partial charge in [0.25, 0.3) is 5.91 Å². The molecule has 0 fully saturated rings. The van der Waals surface area contributed by atoms with Crippen molar-refractivity contribution in [3.05, 3.63) is 59.6 Å². The van der Waals surface area contributed by atoms with Crippen LogP contribution in [-0.4, -0.2) is 44.1 Å². The molecule has 3 rings (SSSR count). The molecule has 0 spiro atoms. The van der Waals surface area contributed by atoms with Crippen molar-refractivity contribution in [3.63, 3.8) is 0 Å². The molecule has 1 aromatic heterocycles. The van der Waals surface area contributed by atoms with Crippen molar-refractivity contribution >= 4 is 38.1 Å². The first-order valence-corrected chi connectivity index (χ1v) is 12.6. The quantitative estimate of drug-likeness (QED) is 0.471. The van der Waals surface area contributed by atoms with Crippen molar-refractivity contribution < 1.29 is 27.5 Å². The van der Waals surface area contributed by atoms with E-state index in [4.69, 9.17) is 9.47 Å². The molecule has 0 aliphatic carbocycles. The van der Waals surface area contributed by atoms with Crippen LogP contribution in [0.5, 0.6) is 17.2 Å². The van der Waals surface area contributed by atoms with E-state index in [0.29, 0.717) is 22.4 Å². The van der Waals surface area contributed by atoms with Crippen LogP contribution in [0.4, 0.5) is 5.13 Å². The number of anilines is 1. The summed E-state index contributed by atoms with van der Waals surface area (Å²) in [5.74, 6) is 0.487. The smallest absolute Gasteiger partial charge is 0.257 e. The Labute approximate surface area is 195 Å². The van der Waals surface area contributed by atoms with Gasteiger partial charge in [0.2, 0.25) is 5.91 Å². The van der Waals surface area contributed by atoms with Gasteiger partial charge in [-0.15, -0.1) is 11.3 Å². The third-order valence-corrected chi connectivity index (χ3v) is 6.08. The van der Waals surface area contributed by atoms with Crippen LogP contribution in [0.15, 0.2) is 58.9 Å². The maximum absolute atomic E-state index is 12.7. The van der Waals surface area contributed by atoms with Crippen LogP contribution in [0.1, 0.15) is 24.2 Å². The molecule has 0 saturated carbocycles. The number of nitrogens with zero attached hydrogens (tertiary/aromatic N) is 1. The molecule has 0 saturated heterocycles. The number of rotatable bonds is 9. The van der Waals surface area contributed by atoms with Gasteiger partial charge in [0.05, 0.1) is 11.4 Å². The van der Waals surface area contributed by atoms with E-state index in [9.17, 15) is 18.0 Å². The highest BCUT2D eigenvalue weighted by molar-refractivity contribution is 7.90. The second-order valence-electron chi connectivity index (χ2n) is 7.20. The first kappa shape index (κ1) is 24.2. The fourth-order valence-corrected chi connectivity index (χ4v) is 3.89. The van der Waals surface area contributed by atoms with E-state index < -0.39 is 15.7 Å². The third kappa shape index (κ3) is 7.29. The molecule has 1 unspecified atom stereocenters. The van der Waals surface area contributed by atoms with Crippen molar-refractivity contribution in [2.24, 2.45) is 0 Å². The molecule has 11 heteroatoms. The minimum Gasteiger partial charge on any atom is -0.489 e. The summed E-state index contributed by atoms with van der Waals surface area (Å²) in [5, 5.41) is 7.57. The summed E-state index contributed by atoms with van der Waals surface area (Å²) in [5.41, 5.74) is 0.275. The van der Waals surface area contributed by atoms with Gasteiger partial charge < -0.3 is 14.8 Å². The molecule has 0 aliphatic heterocycles. The summed E-state index contributed by atoms with van der Waals surface area (Å²) in [4.78, 5) is 28.1. The predicted molar refractivity (Wildman–Crippen MR) is 125 cm³/mol. The van der Waals surface area contributed by atoms with Crippen molar-refractivity contribution in [2.45, 2.75) is 24.8 Å². The number of aromatic nitrogens is 1. The monoisotopic (exact) mass is 489 g/mol. The van der Waals surface area contributed by atoms with Crippen LogP contribution < -0.4 is 20.1 Å². The van der Waals surface area contributed by atoms with Gasteiger partial charge in [0, 0.05) is 36.4 Å². The second kappa shape index (κ2) is 10.5. The Balaban J connectivity index is 1.85. The molecule has 174 valence electrons. The molecule has 3 aromatic rings. The first-order chi connectivity index (χ1) is 15.6. The summed E-state index contributed by atoms with van der Waals surface area (Å²) in [6.45, 7) is 3.48. The third-order valence-electron chi connectivity index (χ3n) is 4.26. The summed E-state index contributed by atoms with van der Waals surface area (Å²) >= 11 is 1.29. The van der Waals surface area contributed by atoms with E-state index in [1.54, 1.807) is 36.7 Å². The molecule has 0 bridgehead atoms. The Morgan fingerprint density at radius 2 is 1.79 bits per heavy atom. The number of carbonyl (C=O) groups is 2. The Morgan fingerprint density at radius 3 is 2.39 bits per heavy atom. The standard InChI is InChI=1S/C22H23N3O6S2/c1-14(13-24-15(2)26)30-18-10-16(21(27)25-22-23-8-9-32-22)11-19(12-18)31-17-4-6-20(7-5-17)33(3,28)29/h4-12,14H,13H2,1-3H3,(H,24,26)(H,23,25,27). The highest BCUT2D eigenvalue weighted by Gasteiger charge is 2.15. The van der Waals surface area contributed by atoms with Crippen molar-refractivity contribution in [1.29, 1.82) is 0 Å². The van der Waals surface area contributed by atoms with Gasteiger partial charge in [0.1, 0.15) is 23.4 Å². The summed E-state index contributed by atoms with van der Waals surface area (Å²) in [6.07, 6.45) is 2.34. The van der Waals surface area contributed by atoms with Crippen LogP contribution >= 0.6 is 11.3 Å². The molecular weight excluding hydrogens is 466 g/mol. The molecule has 9 nitrogen and oxygen atoms in total. The SMILES string of the molecule is CC(=O)NCC(C)Oc1cc(Oc2ccc(S(C)(=O)=O)cc2)cc(C(=O)Nc2nccs2)c1. The summed E-state index contributed by atoms with van der Waals surface area (Å²) in [7, 11) is -3.33. The number of thiazole rings is 1. The zero-order valence-corrected chi connectivity index (χ0v) is 19.8. The summed E-state index contributed by atoms with van der Waals surface area (Å²) < 4.78 is 35.0. The van der Waals surface area contributed by atoms with Gasteiger partial charge in [-0.05, 0) is 43.3 Å². The van der Waals surface area contributed by atoms with Crippen LogP contribution in [0.2, 0.25) is 0 Å². The molecule has 1 heterocycles. The van der Waals surface area contributed by atoms with E-state index in [1.165, 1.54) is 42.5 Å². The minimum absolute atomic E-state index is 0.169. The molecule has 0 aliphatic rings. The lowest BCUT2D eigenvalue weighted by Gasteiger charge is -2.17. The number of amides is 2. The zero-order valence-electron chi connectivity index (χ0n) is 18.2. The predicted octanol–water partition coefficient (Wildman–Crippen LogP) is 3.49. The number of nitrogens with one attached hydrogen (secondary N) is 2. The van der Waals surface area contributed by atoms with Crippen molar-refractivity contribution in [3.8, 4) is 17.2 Å². The van der Waals surface area contributed by atoms with Gasteiger partial charge in [-0.2, -0.15) is 0 Å². The maximum Gasteiger partial charge on any atom is 0.257 e. The molecule has 1 atom stereocenters. The number of hydrogen-bond acceptors (Lipinski definition) is 8. The van der Waals surface area contributed by atoms with E-state index in [0.717, 1.165) is 6.26 Å². The van der Waals surface area contributed by atoms with E-state index in [2.05, 4.69) is 15.6 Å². The Morgan fingerprint density at radius 1 is 1.09 bits per heavy atom. The molecule has 0 radical (unpaired) electrons. The Kier molecular flexibility index (Phi) is 7.67. The van der Waals surface area contributed by atoms with Crippen molar-refractivity contribution in [2.75, 3.05) is 18.1 Å². The lowest BCUT2D eigenvalue weighted by molar-refractivity contribution is -0.119. The molecule has 2 aromatic carbocycles. The minimum atomic E-state index is -3.33. The first-order valence-electron chi connectivity index (χ1n) is 9.85. The van der Waals surface area contributed by atoms with Gasteiger partial charge in [-0.25, -0.2) is 13.4 Å². The molecule has 33 heavy (non-hydrogen) atoms. The lowest BCUT2D eigenvalue weighted by atomic mass is 10.2. The zero-order chi connectivity index (χ0) is 24.0. The van der Waals surface area contributed by atoms with Gasteiger partial charge in [-0.3, -0.25) is 14.9 Å². The Hall–Kier alpha value is -3.44. The number of hydrogen-bond donors (Lipinski definition) is 2. The number of carbonyl (C=O) groups excluding carboxylic acids is 2. The molecule has 2 amide bonds. The average molecular weight is 490 g/mol. The summed E-state index contributed by atoms with van der Waals surface area (Å²) in [6, 6.07) is 10.6. The van der Waals surface area contributed by atoms with Crippen LogP contribution in [0, 0.1) is 0 Å². The molecular formula is C22H23N3O6S2. The normalized spacial score (nSPS) is 12.0. The van der Waals surface area contributed by atoms with Gasteiger partial charge >= 0.3 is 0 Å². The fourth-order valence-electron chi connectivity index (χ4n) is 2.74. The molecule has 2 N–H and O–H groups in total. The van der Waals surface area contributed by atoms with Crippen LogP contribution in [0.25, 0.3) is 0 Å². The largest absolute Gasteiger partial charge is 0.489 e. The highest BCUT2D eigenvalue weighted by Crippen LogP contribution is 2.29. The van der Waals surface area contributed by atoms with Crippen molar-refractivity contribution in [1.82, 2.24) is 10.3 Å². The number of benzene rings is 2. The van der Waals surface area contributed by atoms with E-state index >= 15 is 0 Å². The topological polar surface area (TPSA) is 124 Å². The number of ether oxygens (including phenoxy) is 2. The van der Waals surface area contributed by atoms with Crippen LogP contribution in [0.3, 0.4) is 0 Å². The van der Waals surface area contributed by atoms with Crippen LogP contribution in [-0.2, 0) is 14.6 Å². The number of sulfone groups is 1. The highest BCUT2D eigenvalue weighted by atomic mass is 32.2. The van der Waals surface area contributed by atoms with Gasteiger partial charge in [0.15, 0.2) is 15.0 Å². The lowest BCUT2D eigenvalue weighted by Crippen LogP contribution is -2.32. The average Bonchev–Trinajstić information content (AvgIpc) is 3.25. The fraction of sp³-hybridized carbons (Fsp3) is 0.227. The second-order valence-corrected chi connectivity index (χ2v) is 10.1. The van der Waals surface area contributed by atoms with Gasteiger partial charge in [-0.1, -0.05) is 0 Å². The van der Waals surface area contributed by atoms with E-state index in [-0.39, 0.29) is 29.0 Å².